The lowest BCUT2D eigenvalue weighted by molar-refractivity contribution is -0.123. The molecule has 0 spiro atoms. The predicted molar refractivity (Wildman–Crippen MR) is 141 cm³/mol. The lowest BCUT2D eigenvalue weighted by Gasteiger charge is -2.14. The van der Waals surface area contributed by atoms with Gasteiger partial charge in [-0.05, 0) is 72.3 Å². The molecule has 1 heterocycles. The first-order valence-corrected chi connectivity index (χ1v) is 12.7. The van der Waals surface area contributed by atoms with E-state index in [4.69, 9.17) is 44.3 Å². The van der Waals surface area contributed by atoms with Crippen molar-refractivity contribution in [2.45, 2.75) is 20.1 Å². The first kappa shape index (κ1) is 26.4. The number of nitrogens with zero attached hydrogens (tertiary/aromatic N) is 1. The summed E-state index contributed by atoms with van der Waals surface area (Å²) in [5, 5.41) is 0.704. The van der Waals surface area contributed by atoms with Crippen molar-refractivity contribution in [2.75, 3.05) is 6.61 Å². The molecule has 10 heteroatoms. The quantitative estimate of drug-likeness (QED) is 0.259. The minimum atomic E-state index is -0.465. The maximum atomic E-state index is 14.1. The highest BCUT2D eigenvalue weighted by Crippen LogP contribution is 2.36. The lowest BCUT2D eigenvalue weighted by Crippen LogP contribution is -2.27. The predicted octanol–water partition coefficient (Wildman–Crippen LogP) is 8.00. The van der Waals surface area contributed by atoms with Crippen LogP contribution in [0.15, 0.2) is 59.5 Å². The largest absolute Gasteiger partial charge is 0.490 e. The molecular weight excluding hydrogens is 548 g/mol. The van der Waals surface area contributed by atoms with Crippen LogP contribution in [-0.2, 0) is 17.9 Å². The summed E-state index contributed by atoms with van der Waals surface area (Å²) < 4.78 is 25.6. The number of carbonyl (C=O) groups excluding carboxylic acids is 2. The van der Waals surface area contributed by atoms with Crippen molar-refractivity contribution in [3.63, 3.8) is 0 Å². The summed E-state index contributed by atoms with van der Waals surface area (Å²) in [5.41, 5.74) is 1.48. The molecule has 0 aliphatic carbocycles. The number of hydrogen-bond acceptors (Lipinski definition) is 5. The molecule has 36 heavy (non-hydrogen) atoms. The molecule has 2 amide bonds. The fourth-order valence-electron chi connectivity index (χ4n) is 3.43. The molecule has 3 aromatic carbocycles. The molecule has 1 aliphatic rings. The van der Waals surface area contributed by atoms with Gasteiger partial charge >= 0.3 is 0 Å². The molecule has 3 aromatic rings. The van der Waals surface area contributed by atoms with Crippen molar-refractivity contribution in [1.29, 1.82) is 0 Å². The van der Waals surface area contributed by atoms with Gasteiger partial charge in [-0.3, -0.25) is 14.5 Å². The Morgan fingerprint density at radius 1 is 0.972 bits per heavy atom. The topological polar surface area (TPSA) is 55.8 Å². The Kier molecular flexibility index (Phi) is 8.46. The van der Waals surface area contributed by atoms with Gasteiger partial charge in [-0.25, -0.2) is 4.39 Å². The number of thioether (sulfide) groups is 1. The third-order valence-corrected chi connectivity index (χ3v) is 7.06. The van der Waals surface area contributed by atoms with Crippen LogP contribution in [0.1, 0.15) is 23.6 Å². The van der Waals surface area contributed by atoms with Gasteiger partial charge in [0.1, 0.15) is 12.4 Å². The zero-order chi connectivity index (χ0) is 25.8. The summed E-state index contributed by atoms with van der Waals surface area (Å²) in [6.07, 6.45) is 1.61. The summed E-state index contributed by atoms with van der Waals surface area (Å²) in [6.45, 7) is 2.13. The number of halogens is 4. The molecule has 0 bridgehead atoms. The molecule has 0 unspecified atom stereocenters. The standard InChI is InChI=1S/C26H19Cl3FNO4S/c1-2-34-23-10-15(6-9-22(23)35-14-18-19(28)4-3-5-21(18)30)11-24-25(32)31(26(33)36-24)13-16-7-8-17(27)12-20(16)29/h3-12H,2,13-14H2,1H3/b24-11-. The minimum Gasteiger partial charge on any atom is -0.490 e. The average molecular weight is 567 g/mol. The van der Waals surface area contributed by atoms with E-state index in [-0.39, 0.29) is 28.6 Å². The van der Waals surface area contributed by atoms with Gasteiger partial charge in [-0.15, -0.1) is 0 Å². The highest BCUT2D eigenvalue weighted by atomic mass is 35.5. The Morgan fingerprint density at radius 2 is 1.78 bits per heavy atom. The van der Waals surface area contributed by atoms with Crippen LogP contribution >= 0.6 is 46.6 Å². The van der Waals surface area contributed by atoms with Crippen LogP contribution < -0.4 is 9.47 Å². The summed E-state index contributed by atoms with van der Waals surface area (Å²) in [5.74, 6) is -0.0964. The molecule has 186 valence electrons. The molecule has 0 aromatic heterocycles. The highest BCUT2D eigenvalue weighted by molar-refractivity contribution is 8.18. The van der Waals surface area contributed by atoms with E-state index in [0.29, 0.717) is 39.3 Å². The summed E-state index contributed by atoms with van der Waals surface area (Å²) in [7, 11) is 0. The van der Waals surface area contributed by atoms with Crippen molar-refractivity contribution in [3.05, 3.63) is 97.1 Å². The van der Waals surface area contributed by atoms with Gasteiger partial charge in [0, 0.05) is 15.6 Å². The molecule has 0 atom stereocenters. The third kappa shape index (κ3) is 5.98. The van der Waals surface area contributed by atoms with Gasteiger partial charge in [0.2, 0.25) is 0 Å². The molecule has 0 saturated carbocycles. The van der Waals surface area contributed by atoms with Gasteiger partial charge in [0.25, 0.3) is 11.1 Å². The van der Waals surface area contributed by atoms with E-state index in [1.54, 1.807) is 48.5 Å². The van der Waals surface area contributed by atoms with Crippen molar-refractivity contribution >= 4 is 63.8 Å². The zero-order valence-corrected chi connectivity index (χ0v) is 22.0. The first-order valence-electron chi connectivity index (χ1n) is 10.8. The fraction of sp³-hybridized carbons (Fsp3) is 0.154. The minimum absolute atomic E-state index is 0.0353. The van der Waals surface area contributed by atoms with Crippen LogP contribution in [0.5, 0.6) is 11.5 Å². The monoisotopic (exact) mass is 565 g/mol. The zero-order valence-electron chi connectivity index (χ0n) is 18.9. The van der Waals surface area contributed by atoms with E-state index >= 15 is 0 Å². The summed E-state index contributed by atoms with van der Waals surface area (Å²) in [6, 6.07) is 14.4. The van der Waals surface area contributed by atoms with Crippen LogP contribution in [0, 0.1) is 5.82 Å². The van der Waals surface area contributed by atoms with E-state index < -0.39 is 17.0 Å². The van der Waals surface area contributed by atoms with Crippen molar-refractivity contribution in [1.82, 2.24) is 4.90 Å². The number of benzene rings is 3. The maximum Gasteiger partial charge on any atom is 0.293 e. The van der Waals surface area contributed by atoms with Gasteiger partial charge in [0.05, 0.1) is 23.1 Å². The van der Waals surface area contributed by atoms with Gasteiger partial charge < -0.3 is 9.47 Å². The average Bonchev–Trinajstić information content (AvgIpc) is 3.09. The Bertz CT molecular complexity index is 1340. The molecular formula is C26H19Cl3FNO4S. The van der Waals surface area contributed by atoms with E-state index in [1.165, 1.54) is 12.1 Å². The Hall–Kier alpha value is -2.71. The van der Waals surface area contributed by atoms with E-state index in [0.717, 1.165) is 16.7 Å². The Balaban J connectivity index is 1.53. The van der Waals surface area contributed by atoms with Crippen molar-refractivity contribution in [2.24, 2.45) is 0 Å². The summed E-state index contributed by atoms with van der Waals surface area (Å²) in [4.78, 5) is 26.9. The van der Waals surface area contributed by atoms with Crippen LogP contribution in [0.2, 0.25) is 15.1 Å². The second-order valence-corrected chi connectivity index (χ2v) is 9.88. The van der Waals surface area contributed by atoms with Crippen LogP contribution in [-0.4, -0.2) is 22.7 Å². The normalized spacial score (nSPS) is 14.6. The number of carbonyl (C=O) groups is 2. The Morgan fingerprint density at radius 3 is 2.50 bits per heavy atom. The van der Waals surface area contributed by atoms with Gasteiger partial charge in [-0.1, -0.05) is 53.0 Å². The number of amides is 2. The maximum absolute atomic E-state index is 14.1. The van der Waals surface area contributed by atoms with Crippen LogP contribution in [0.25, 0.3) is 6.08 Å². The molecule has 1 aliphatic heterocycles. The molecule has 0 N–H and O–H groups in total. The number of rotatable bonds is 8. The number of ether oxygens (including phenoxy) is 2. The molecule has 1 fully saturated rings. The molecule has 0 radical (unpaired) electrons. The van der Waals surface area contributed by atoms with E-state index in [2.05, 4.69) is 0 Å². The van der Waals surface area contributed by atoms with Crippen molar-refractivity contribution < 1.29 is 23.5 Å². The lowest BCUT2D eigenvalue weighted by atomic mass is 10.1. The Labute approximate surface area is 226 Å². The highest BCUT2D eigenvalue weighted by Gasteiger charge is 2.35. The SMILES string of the molecule is CCOc1cc(/C=C2\SC(=O)N(Cc3ccc(Cl)cc3Cl)C2=O)ccc1OCc1c(F)cccc1Cl. The van der Waals surface area contributed by atoms with Gasteiger partial charge in [0.15, 0.2) is 11.5 Å². The summed E-state index contributed by atoms with van der Waals surface area (Å²) >= 11 is 19.1. The molecule has 1 saturated heterocycles. The smallest absolute Gasteiger partial charge is 0.293 e. The first-order chi connectivity index (χ1) is 17.3. The molecule has 5 nitrogen and oxygen atoms in total. The second kappa shape index (κ2) is 11.6. The molecule has 4 rings (SSSR count). The third-order valence-electron chi connectivity index (χ3n) is 5.22. The number of hydrogen-bond donors (Lipinski definition) is 0. The van der Waals surface area contributed by atoms with Gasteiger partial charge in [-0.2, -0.15) is 0 Å². The van der Waals surface area contributed by atoms with Crippen LogP contribution in [0.3, 0.4) is 0 Å². The van der Waals surface area contributed by atoms with Crippen LogP contribution in [0.4, 0.5) is 9.18 Å². The second-order valence-electron chi connectivity index (χ2n) is 7.63. The van der Waals surface area contributed by atoms with E-state index in [9.17, 15) is 14.0 Å². The van der Waals surface area contributed by atoms with Crippen molar-refractivity contribution in [3.8, 4) is 11.5 Å². The van der Waals surface area contributed by atoms with E-state index in [1.807, 2.05) is 6.92 Å². The fourth-order valence-corrected chi connectivity index (χ4v) is 4.95. The number of imide groups is 1.